The first-order chi connectivity index (χ1) is 8.20. The topological polar surface area (TPSA) is 46.5 Å². The van der Waals surface area contributed by atoms with Crippen molar-refractivity contribution >= 4 is 5.97 Å². The van der Waals surface area contributed by atoms with E-state index in [2.05, 4.69) is 16.9 Å². The van der Waals surface area contributed by atoms with E-state index in [0.29, 0.717) is 6.42 Å². The zero-order valence-corrected chi connectivity index (χ0v) is 10.1. The lowest BCUT2D eigenvalue weighted by atomic mass is 10.0. The average molecular weight is 234 g/mol. The number of carbonyl (C=O) groups excluding carboxylic acids is 1. The van der Waals surface area contributed by atoms with Gasteiger partial charge in [-0.05, 0) is 36.3 Å². The number of methoxy groups -OCH3 is 1. The minimum absolute atomic E-state index is 0.252. The molecule has 0 aliphatic heterocycles. The molecule has 0 aromatic heterocycles. The highest BCUT2D eigenvalue weighted by molar-refractivity contribution is 5.69. The molecule has 1 atom stereocenters. The predicted molar refractivity (Wildman–Crippen MR) is 64.6 cm³/mol. The normalized spacial score (nSPS) is 16.6. The monoisotopic (exact) mass is 234 g/mol. The number of esters is 1. The molecular formula is C14H18O3. The van der Waals surface area contributed by atoms with Gasteiger partial charge >= 0.3 is 5.97 Å². The maximum atomic E-state index is 11.0. The second-order valence-electron chi connectivity index (χ2n) is 4.57. The number of ether oxygens (including phenoxy) is 1. The van der Waals surface area contributed by atoms with E-state index >= 15 is 0 Å². The van der Waals surface area contributed by atoms with Crippen molar-refractivity contribution in [2.24, 2.45) is 0 Å². The van der Waals surface area contributed by atoms with Crippen molar-refractivity contribution in [1.82, 2.24) is 0 Å². The summed E-state index contributed by atoms with van der Waals surface area (Å²) in [5.41, 5.74) is 2.23. The summed E-state index contributed by atoms with van der Waals surface area (Å²) in [5, 5.41) is 9.90. The fourth-order valence-electron chi connectivity index (χ4n) is 1.93. The Kier molecular flexibility index (Phi) is 3.79. The molecule has 0 heterocycles. The van der Waals surface area contributed by atoms with Gasteiger partial charge in [0.2, 0.25) is 0 Å². The van der Waals surface area contributed by atoms with Gasteiger partial charge in [-0.1, -0.05) is 24.3 Å². The molecule has 0 amide bonds. The van der Waals surface area contributed by atoms with Crippen LogP contribution in [-0.4, -0.2) is 18.2 Å². The number of carbonyl (C=O) groups is 1. The molecule has 1 aromatic rings. The average Bonchev–Trinajstić information content (AvgIpc) is 3.20. The Morgan fingerprint density at radius 1 is 1.41 bits per heavy atom. The van der Waals surface area contributed by atoms with Gasteiger partial charge in [0.05, 0.1) is 13.2 Å². The molecule has 0 bridgehead atoms. The van der Waals surface area contributed by atoms with Gasteiger partial charge in [-0.25, -0.2) is 0 Å². The highest BCUT2D eigenvalue weighted by atomic mass is 16.5. The zero-order valence-electron chi connectivity index (χ0n) is 10.1. The van der Waals surface area contributed by atoms with E-state index in [1.54, 1.807) is 0 Å². The molecule has 1 unspecified atom stereocenters. The fourth-order valence-corrected chi connectivity index (χ4v) is 1.93. The molecule has 92 valence electrons. The van der Waals surface area contributed by atoms with Crippen molar-refractivity contribution in [1.29, 1.82) is 0 Å². The van der Waals surface area contributed by atoms with E-state index in [1.165, 1.54) is 25.5 Å². The minimum atomic E-state index is -0.581. The van der Waals surface area contributed by atoms with Crippen LogP contribution in [0.5, 0.6) is 0 Å². The SMILES string of the molecule is COC(=O)CCC(O)c1ccc(C2CC2)cc1. The first-order valence-electron chi connectivity index (χ1n) is 6.05. The highest BCUT2D eigenvalue weighted by Gasteiger charge is 2.23. The third kappa shape index (κ3) is 3.30. The summed E-state index contributed by atoms with van der Waals surface area (Å²) in [7, 11) is 1.36. The van der Waals surface area contributed by atoms with Gasteiger partial charge in [0, 0.05) is 6.42 Å². The van der Waals surface area contributed by atoms with Crippen LogP contribution in [0.1, 0.15) is 48.8 Å². The molecule has 1 saturated carbocycles. The van der Waals surface area contributed by atoms with Crippen LogP contribution in [0.2, 0.25) is 0 Å². The Morgan fingerprint density at radius 2 is 2.06 bits per heavy atom. The van der Waals surface area contributed by atoms with Crippen molar-refractivity contribution in [3.63, 3.8) is 0 Å². The lowest BCUT2D eigenvalue weighted by molar-refractivity contribution is -0.141. The van der Waals surface area contributed by atoms with Gasteiger partial charge in [0.1, 0.15) is 0 Å². The van der Waals surface area contributed by atoms with E-state index in [1.807, 2.05) is 12.1 Å². The third-order valence-corrected chi connectivity index (χ3v) is 3.22. The van der Waals surface area contributed by atoms with Crippen LogP contribution < -0.4 is 0 Å². The van der Waals surface area contributed by atoms with E-state index in [9.17, 15) is 9.90 Å². The van der Waals surface area contributed by atoms with Crippen LogP contribution in [0.15, 0.2) is 24.3 Å². The standard InChI is InChI=1S/C14H18O3/c1-17-14(16)9-8-13(15)12-6-4-11(5-7-12)10-2-3-10/h4-7,10,13,15H,2-3,8-9H2,1H3. The first-order valence-corrected chi connectivity index (χ1v) is 6.05. The summed E-state index contributed by atoms with van der Waals surface area (Å²) in [4.78, 5) is 11.0. The number of benzene rings is 1. The Morgan fingerprint density at radius 3 is 2.59 bits per heavy atom. The van der Waals surface area contributed by atoms with Crippen LogP contribution in [0.3, 0.4) is 0 Å². The fraction of sp³-hybridized carbons (Fsp3) is 0.500. The van der Waals surface area contributed by atoms with E-state index < -0.39 is 6.10 Å². The predicted octanol–water partition coefficient (Wildman–Crippen LogP) is 2.55. The second-order valence-corrected chi connectivity index (χ2v) is 4.57. The quantitative estimate of drug-likeness (QED) is 0.796. The summed E-state index contributed by atoms with van der Waals surface area (Å²) in [5.74, 6) is 0.454. The molecular weight excluding hydrogens is 216 g/mol. The van der Waals surface area contributed by atoms with Gasteiger partial charge in [-0.2, -0.15) is 0 Å². The minimum Gasteiger partial charge on any atom is -0.469 e. The molecule has 0 saturated heterocycles. The Bertz CT molecular complexity index is 379. The molecule has 1 fully saturated rings. The molecule has 0 spiro atoms. The van der Waals surface area contributed by atoms with Crippen LogP contribution in [0.25, 0.3) is 0 Å². The molecule has 1 N–H and O–H groups in total. The number of rotatable bonds is 5. The smallest absolute Gasteiger partial charge is 0.305 e. The Balaban J connectivity index is 1.89. The molecule has 2 rings (SSSR count). The molecule has 1 aliphatic rings. The van der Waals surface area contributed by atoms with Crippen molar-refractivity contribution in [2.45, 2.75) is 37.7 Å². The van der Waals surface area contributed by atoms with Crippen molar-refractivity contribution in [3.05, 3.63) is 35.4 Å². The molecule has 17 heavy (non-hydrogen) atoms. The number of hydrogen-bond donors (Lipinski definition) is 1. The van der Waals surface area contributed by atoms with Crippen LogP contribution in [0.4, 0.5) is 0 Å². The zero-order chi connectivity index (χ0) is 12.3. The summed E-state index contributed by atoms with van der Waals surface area (Å²) >= 11 is 0. The summed E-state index contributed by atoms with van der Waals surface area (Å²) in [6, 6.07) is 8.06. The molecule has 3 heteroatoms. The van der Waals surface area contributed by atoms with E-state index in [4.69, 9.17) is 0 Å². The summed E-state index contributed by atoms with van der Waals surface area (Å²) in [6.45, 7) is 0. The highest BCUT2D eigenvalue weighted by Crippen LogP contribution is 2.40. The number of aliphatic hydroxyl groups excluding tert-OH is 1. The maximum absolute atomic E-state index is 11.0. The summed E-state index contributed by atoms with van der Waals surface area (Å²) < 4.78 is 4.55. The lowest BCUT2D eigenvalue weighted by Crippen LogP contribution is -2.04. The van der Waals surface area contributed by atoms with E-state index in [-0.39, 0.29) is 12.4 Å². The third-order valence-electron chi connectivity index (χ3n) is 3.22. The van der Waals surface area contributed by atoms with Crippen LogP contribution in [0, 0.1) is 0 Å². The van der Waals surface area contributed by atoms with Crippen molar-refractivity contribution < 1.29 is 14.6 Å². The van der Waals surface area contributed by atoms with E-state index in [0.717, 1.165) is 11.5 Å². The van der Waals surface area contributed by atoms with Gasteiger partial charge < -0.3 is 9.84 Å². The van der Waals surface area contributed by atoms with Gasteiger partial charge in [-0.15, -0.1) is 0 Å². The van der Waals surface area contributed by atoms with Gasteiger partial charge in [0.15, 0.2) is 0 Å². The van der Waals surface area contributed by atoms with Crippen molar-refractivity contribution in [2.75, 3.05) is 7.11 Å². The lowest BCUT2D eigenvalue weighted by Gasteiger charge is -2.10. The Labute approximate surface area is 101 Å². The van der Waals surface area contributed by atoms with Gasteiger partial charge in [0.25, 0.3) is 0 Å². The van der Waals surface area contributed by atoms with Gasteiger partial charge in [-0.3, -0.25) is 4.79 Å². The second kappa shape index (κ2) is 5.32. The number of aliphatic hydroxyl groups is 1. The first kappa shape index (κ1) is 12.1. The summed E-state index contributed by atoms with van der Waals surface area (Å²) in [6.07, 6.45) is 2.65. The van der Waals surface area contributed by atoms with Crippen LogP contribution in [-0.2, 0) is 9.53 Å². The largest absolute Gasteiger partial charge is 0.469 e. The molecule has 0 radical (unpaired) electrons. The van der Waals surface area contributed by atoms with Crippen molar-refractivity contribution in [3.8, 4) is 0 Å². The molecule has 1 aliphatic carbocycles. The van der Waals surface area contributed by atoms with Crippen LogP contribution >= 0.6 is 0 Å². The molecule has 1 aromatic carbocycles. The molecule has 3 nitrogen and oxygen atoms in total. The maximum Gasteiger partial charge on any atom is 0.305 e. The Hall–Kier alpha value is -1.35. The number of hydrogen-bond acceptors (Lipinski definition) is 3.